The highest BCUT2D eigenvalue weighted by Gasteiger charge is 2.04. The molecule has 0 amide bonds. The lowest BCUT2D eigenvalue weighted by molar-refractivity contribution is 0.0592. The van der Waals surface area contributed by atoms with Gasteiger partial charge in [-0.05, 0) is 48.4 Å². The number of carbonyl (C=O) groups is 2. The van der Waals surface area contributed by atoms with E-state index in [2.05, 4.69) is 9.47 Å². The second-order valence-corrected chi connectivity index (χ2v) is 5.25. The number of methoxy groups -OCH3 is 2. The van der Waals surface area contributed by atoms with Gasteiger partial charge in [-0.1, -0.05) is 24.3 Å². The van der Waals surface area contributed by atoms with Crippen molar-refractivity contribution in [2.45, 2.75) is 12.8 Å². The smallest absolute Gasteiger partial charge is 0.337 e. The second kappa shape index (κ2) is 11.4. The molecule has 0 fully saturated rings. The quantitative estimate of drug-likeness (QED) is 0.828. The van der Waals surface area contributed by atoms with Crippen LogP contribution in [0.1, 0.15) is 31.8 Å². The summed E-state index contributed by atoms with van der Waals surface area (Å²) in [6, 6.07) is 16.1. The Hall–Kier alpha value is -3.17. The molecule has 0 aliphatic carbocycles. The summed E-state index contributed by atoms with van der Waals surface area (Å²) in [7, 11) is 2.71. The lowest BCUT2D eigenvalue weighted by atomic mass is 10.1. The molecule has 0 saturated carbocycles. The Bertz CT molecular complexity index is 747. The largest absolute Gasteiger partial charge is 0.465 e. The first-order valence-electron chi connectivity index (χ1n) is 7.97. The predicted octanol–water partition coefficient (Wildman–Crippen LogP) is 2.51. The maximum atomic E-state index is 11.0. The Labute approximate surface area is 153 Å². The fourth-order valence-corrected chi connectivity index (χ4v) is 2.06. The van der Waals surface area contributed by atoms with E-state index in [1.807, 2.05) is 18.2 Å². The average molecular weight is 354 g/mol. The SMILES string of the molecule is COC(=O)c1ccc(CC#N)cc1.COC(=O)c1ccc(CCN)cc1. The number of ether oxygens (including phenoxy) is 2. The van der Waals surface area contributed by atoms with Gasteiger partial charge in [0.25, 0.3) is 0 Å². The molecule has 0 bridgehead atoms. The number of esters is 2. The number of hydrogen-bond donors (Lipinski definition) is 1. The lowest BCUT2D eigenvalue weighted by Gasteiger charge is -2.00. The van der Waals surface area contributed by atoms with E-state index >= 15 is 0 Å². The minimum absolute atomic E-state index is 0.306. The van der Waals surface area contributed by atoms with Gasteiger partial charge in [0, 0.05) is 0 Å². The zero-order valence-corrected chi connectivity index (χ0v) is 14.9. The van der Waals surface area contributed by atoms with E-state index < -0.39 is 0 Å². The van der Waals surface area contributed by atoms with Gasteiger partial charge >= 0.3 is 11.9 Å². The third kappa shape index (κ3) is 6.75. The van der Waals surface area contributed by atoms with Crippen molar-refractivity contribution in [1.29, 1.82) is 5.26 Å². The molecule has 0 atom stereocenters. The number of nitriles is 1. The maximum absolute atomic E-state index is 11.0. The van der Waals surface area contributed by atoms with Crippen molar-refractivity contribution in [2.24, 2.45) is 5.73 Å². The Kier molecular flexibility index (Phi) is 9.15. The summed E-state index contributed by atoms with van der Waals surface area (Å²) < 4.78 is 9.10. The number of carbonyl (C=O) groups excluding carboxylic acids is 2. The van der Waals surface area contributed by atoms with Crippen molar-refractivity contribution in [2.75, 3.05) is 20.8 Å². The first kappa shape index (κ1) is 20.9. The predicted molar refractivity (Wildman–Crippen MR) is 97.6 cm³/mol. The van der Waals surface area contributed by atoms with Gasteiger partial charge in [-0.2, -0.15) is 5.26 Å². The molecule has 0 radical (unpaired) electrons. The van der Waals surface area contributed by atoms with Crippen molar-refractivity contribution in [1.82, 2.24) is 0 Å². The van der Waals surface area contributed by atoms with Crippen molar-refractivity contribution < 1.29 is 19.1 Å². The van der Waals surface area contributed by atoms with Crippen LogP contribution in [0.15, 0.2) is 48.5 Å². The summed E-state index contributed by atoms with van der Waals surface area (Å²) in [6.07, 6.45) is 1.20. The fraction of sp³-hybridized carbons (Fsp3) is 0.250. The molecule has 0 saturated heterocycles. The van der Waals surface area contributed by atoms with E-state index in [1.165, 1.54) is 14.2 Å². The first-order valence-corrected chi connectivity index (χ1v) is 7.97. The zero-order chi connectivity index (χ0) is 19.4. The molecule has 6 heteroatoms. The minimum atomic E-state index is -0.358. The Balaban J connectivity index is 0.000000260. The standard InChI is InChI=1S/C10H13NO2.C10H9NO2/c2*1-13-10(12)9-4-2-8(3-5-9)6-7-11/h2-5H,6-7,11H2,1H3;2-5H,6H2,1H3. The van der Waals surface area contributed by atoms with Crippen LogP contribution in [-0.2, 0) is 22.3 Å². The second-order valence-electron chi connectivity index (χ2n) is 5.25. The highest BCUT2D eigenvalue weighted by Crippen LogP contribution is 2.06. The van der Waals surface area contributed by atoms with Crippen molar-refractivity contribution in [3.63, 3.8) is 0 Å². The molecule has 0 aliphatic heterocycles. The van der Waals surface area contributed by atoms with E-state index in [9.17, 15) is 9.59 Å². The van der Waals surface area contributed by atoms with Crippen molar-refractivity contribution in [3.05, 3.63) is 70.8 Å². The molecule has 2 aromatic carbocycles. The Morgan fingerprint density at radius 2 is 1.31 bits per heavy atom. The topological polar surface area (TPSA) is 102 Å². The summed E-state index contributed by atoms with van der Waals surface area (Å²) in [4.78, 5) is 22.0. The molecule has 0 aliphatic rings. The number of nitrogens with two attached hydrogens (primary N) is 1. The Morgan fingerprint density at radius 3 is 1.65 bits per heavy atom. The van der Waals surface area contributed by atoms with Gasteiger partial charge in [-0.15, -0.1) is 0 Å². The van der Waals surface area contributed by atoms with Crippen molar-refractivity contribution in [3.8, 4) is 6.07 Å². The van der Waals surface area contributed by atoms with Crippen LogP contribution in [0, 0.1) is 11.3 Å². The average Bonchev–Trinajstić information content (AvgIpc) is 2.69. The fourth-order valence-electron chi connectivity index (χ4n) is 2.06. The molecule has 136 valence electrons. The summed E-state index contributed by atoms with van der Waals surface area (Å²) in [5, 5.41) is 8.40. The molecular formula is C20H22N2O4. The molecule has 6 nitrogen and oxygen atoms in total. The lowest BCUT2D eigenvalue weighted by Crippen LogP contribution is -2.04. The molecular weight excluding hydrogens is 332 g/mol. The summed E-state index contributed by atoms with van der Waals surface area (Å²) >= 11 is 0. The molecule has 0 spiro atoms. The van der Waals surface area contributed by atoms with Crippen LogP contribution in [0.25, 0.3) is 0 Å². The summed E-state index contributed by atoms with van der Waals surface area (Å²) in [6.45, 7) is 0.623. The molecule has 0 heterocycles. The number of hydrogen-bond acceptors (Lipinski definition) is 6. The third-order valence-corrected chi connectivity index (χ3v) is 3.47. The summed E-state index contributed by atoms with van der Waals surface area (Å²) in [5.74, 6) is -0.664. The van der Waals surface area contributed by atoms with Crippen LogP contribution >= 0.6 is 0 Å². The molecule has 0 aromatic heterocycles. The van der Waals surface area contributed by atoms with Crippen LogP contribution in [0.3, 0.4) is 0 Å². The van der Waals surface area contributed by atoms with E-state index in [4.69, 9.17) is 11.0 Å². The van der Waals surface area contributed by atoms with Gasteiger partial charge in [-0.25, -0.2) is 9.59 Å². The van der Waals surface area contributed by atoms with Crippen LogP contribution in [-0.4, -0.2) is 32.7 Å². The maximum Gasteiger partial charge on any atom is 0.337 e. The van der Waals surface area contributed by atoms with E-state index in [0.717, 1.165) is 17.5 Å². The summed E-state index contributed by atoms with van der Waals surface area (Å²) in [5.41, 5.74) is 8.50. The molecule has 0 unspecified atom stereocenters. The highest BCUT2D eigenvalue weighted by molar-refractivity contribution is 5.89. The van der Waals surface area contributed by atoms with Gasteiger partial charge in [0.1, 0.15) is 0 Å². The van der Waals surface area contributed by atoms with Gasteiger partial charge in [0.05, 0.1) is 37.8 Å². The van der Waals surface area contributed by atoms with Crippen LogP contribution in [0.2, 0.25) is 0 Å². The molecule has 2 aromatic rings. The van der Waals surface area contributed by atoms with E-state index in [1.54, 1.807) is 36.4 Å². The van der Waals surface area contributed by atoms with Crippen LogP contribution in [0.5, 0.6) is 0 Å². The van der Waals surface area contributed by atoms with Gasteiger partial charge in [0.2, 0.25) is 0 Å². The first-order chi connectivity index (χ1) is 12.5. The molecule has 2 N–H and O–H groups in total. The number of nitrogens with zero attached hydrogens (tertiary/aromatic N) is 1. The van der Waals surface area contributed by atoms with Gasteiger partial charge in [-0.3, -0.25) is 0 Å². The third-order valence-electron chi connectivity index (χ3n) is 3.47. The molecule has 26 heavy (non-hydrogen) atoms. The van der Waals surface area contributed by atoms with Crippen molar-refractivity contribution >= 4 is 11.9 Å². The van der Waals surface area contributed by atoms with Crippen LogP contribution in [0.4, 0.5) is 0 Å². The zero-order valence-electron chi connectivity index (χ0n) is 14.9. The monoisotopic (exact) mass is 354 g/mol. The van der Waals surface area contributed by atoms with Gasteiger partial charge < -0.3 is 15.2 Å². The highest BCUT2D eigenvalue weighted by atomic mass is 16.5. The van der Waals surface area contributed by atoms with E-state index in [0.29, 0.717) is 24.1 Å². The van der Waals surface area contributed by atoms with E-state index in [-0.39, 0.29) is 11.9 Å². The normalized spacial score (nSPS) is 9.31. The minimum Gasteiger partial charge on any atom is -0.465 e. The number of benzene rings is 2. The molecule has 2 rings (SSSR count). The Morgan fingerprint density at radius 1 is 0.885 bits per heavy atom. The number of rotatable bonds is 5. The van der Waals surface area contributed by atoms with Crippen LogP contribution < -0.4 is 5.73 Å². The van der Waals surface area contributed by atoms with Gasteiger partial charge in [0.15, 0.2) is 0 Å².